The highest BCUT2D eigenvalue weighted by atomic mass is 16.6. The van der Waals surface area contributed by atoms with E-state index in [-0.39, 0.29) is 16.5 Å². The molecule has 4 aromatic carbocycles. The van der Waals surface area contributed by atoms with Gasteiger partial charge in [0.1, 0.15) is 0 Å². The molecule has 1 heterocycles. The molecule has 5 rings (SSSR count). The molecule has 0 bridgehead atoms. The minimum Gasteiger partial charge on any atom is -0.481 e. The Balaban J connectivity index is 1.66. The van der Waals surface area contributed by atoms with E-state index in [0.29, 0.717) is 11.4 Å². The lowest BCUT2D eigenvalue weighted by molar-refractivity contribution is -0.384. The summed E-state index contributed by atoms with van der Waals surface area (Å²) in [5.41, 5.74) is 3.95. The summed E-state index contributed by atoms with van der Waals surface area (Å²) in [6.07, 6.45) is 0.743. The maximum atomic E-state index is 11.3. The quantitative estimate of drug-likeness (QED) is 0.221. The summed E-state index contributed by atoms with van der Waals surface area (Å²) in [4.78, 5) is 15.6. The van der Waals surface area contributed by atoms with Crippen LogP contribution < -0.4 is 4.74 Å². The fourth-order valence-electron chi connectivity index (χ4n) is 4.38. The normalized spacial score (nSPS) is 12.0. The van der Waals surface area contributed by atoms with Gasteiger partial charge >= 0.3 is 0 Å². The Kier molecular flexibility index (Phi) is 5.45. The number of nitro benzene ring substituents is 1. The molecule has 0 aliphatic heterocycles. The van der Waals surface area contributed by atoms with E-state index in [4.69, 9.17) is 4.74 Å². The number of hydrogen-bond donors (Lipinski definition) is 0. The molecule has 5 nitrogen and oxygen atoms in total. The van der Waals surface area contributed by atoms with Gasteiger partial charge in [0, 0.05) is 29.0 Å². The molecule has 0 amide bonds. The number of nitro groups is 1. The molecule has 0 aliphatic rings. The predicted molar refractivity (Wildman–Crippen MR) is 131 cm³/mol. The number of methoxy groups -OCH3 is 1. The Morgan fingerprint density at radius 1 is 0.848 bits per heavy atom. The van der Waals surface area contributed by atoms with Gasteiger partial charge in [0.25, 0.3) is 5.69 Å². The summed E-state index contributed by atoms with van der Waals surface area (Å²) in [6, 6.07) is 31.8. The highest BCUT2D eigenvalue weighted by Gasteiger charge is 2.22. The lowest BCUT2D eigenvalue weighted by atomic mass is 9.85. The van der Waals surface area contributed by atoms with Crippen molar-refractivity contribution in [3.63, 3.8) is 0 Å². The first-order valence-electron chi connectivity index (χ1n) is 10.8. The third kappa shape index (κ3) is 4.13. The van der Waals surface area contributed by atoms with E-state index < -0.39 is 0 Å². The Morgan fingerprint density at radius 3 is 2.36 bits per heavy atom. The number of fused-ring (bicyclic) bond motifs is 2. The Bertz CT molecular complexity index is 1460. The summed E-state index contributed by atoms with van der Waals surface area (Å²) in [5, 5.41) is 14.4. The number of rotatable bonds is 6. The van der Waals surface area contributed by atoms with E-state index in [9.17, 15) is 10.1 Å². The monoisotopic (exact) mass is 434 g/mol. The fourth-order valence-corrected chi connectivity index (χ4v) is 4.38. The second-order valence-electron chi connectivity index (χ2n) is 8.07. The van der Waals surface area contributed by atoms with Crippen molar-refractivity contribution >= 4 is 27.4 Å². The van der Waals surface area contributed by atoms with Crippen molar-refractivity contribution in [2.24, 2.45) is 0 Å². The van der Waals surface area contributed by atoms with Gasteiger partial charge in [0.15, 0.2) is 0 Å². The first-order chi connectivity index (χ1) is 16.1. The molecule has 5 heteroatoms. The molecule has 1 unspecified atom stereocenters. The molecule has 162 valence electrons. The van der Waals surface area contributed by atoms with Gasteiger partial charge in [-0.05, 0) is 40.5 Å². The largest absolute Gasteiger partial charge is 0.481 e. The minimum atomic E-state index is -0.382. The van der Waals surface area contributed by atoms with Crippen molar-refractivity contribution < 1.29 is 9.66 Å². The Morgan fingerprint density at radius 2 is 1.61 bits per heavy atom. The number of hydrogen-bond acceptors (Lipinski definition) is 4. The lowest BCUT2D eigenvalue weighted by Crippen LogP contribution is -2.08. The van der Waals surface area contributed by atoms with Crippen molar-refractivity contribution in [3.05, 3.63) is 124 Å². The Hall–Kier alpha value is -4.25. The lowest BCUT2D eigenvalue weighted by Gasteiger charge is -2.21. The molecule has 0 saturated carbocycles. The maximum Gasteiger partial charge on any atom is 0.270 e. The van der Waals surface area contributed by atoms with Crippen LogP contribution in [0.1, 0.15) is 22.6 Å². The number of non-ortho nitro benzene ring substituents is 1. The van der Waals surface area contributed by atoms with Crippen LogP contribution >= 0.6 is 0 Å². The molecule has 0 aliphatic carbocycles. The van der Waals surface area contributed by atoms with E-state index in [2.05, 4.69) is 47.4 Å². The number of ether oxygens (including phenoxy) is 1. The first-order valence-corrected chi connectivity index (χ1v) is 10.8. The zero-order chi connectivity index (χ0) is 22.8. The van der Waals surface area contributed by atoms with Crippen LogP contribution in [0.5, 0.6) is 5.88 Å². The summed E-state index contributed by atoms with van der Waals surface area (Å²) >= 11 is 0. The highest BCUT2D eigenvalue weighted by Crippen LogP contribution is 2.36. The molecule has 0 spiro atoms. The zero-order valence-electron chi connectivity index (χ0n) is 18.1. The average molecular weight is 434 g/mol. The first kappa shape index (κ1) is 20.6. The molecule has 0 radical (unpaired) electrons. The van der Waals surface area contributed by atoms with Gasteiger partial charge in [-0.15, -0.1) is 0 Å². The summed E-state index contributed by atoms with van der Waals surface area (Å²) in [5.74, 6) is 0.504. The predicted octanol–water partition coefficient (Wildman–Crippen LogP) is 6.68. The third-order valence-electron chi connectivity index (χ3n) is 6.03. The van der Waals surface area contributed by atoms with Gasteiger partial charge in [0.05, 0.1) is 17.5 Å². The summed E-state index contributed by atoms with van der Waals surface area (Å²) in [6.45, 7) is 0. The van der Waals surface area contributed by atoms with E-state index in [0.717, 1.165) is 22.9 Å². The number of nitrogens with zero attached hydrogens (tertiary/aromatic N) is 2. The SMILES string of the molecule is COc1nc2ccc([N+](=O)[O-])cc2cc1C(Cc1ccc2ccccc2c1)c1ccccc1. The number of aromatic nitrogens is 1. The van der Waals surface area contributed by atoms with Crippen molar-refractivity contribution in [1.82, 2.24) is 4.98 Å². The fraction of sp³-hybridized carbons (Fsp3) is 0.107. The zero-order valence-corrected chi connectivity index (χ0v) is 18.1. The van der Waals surface area contributed by atoms with Crippen molar-refractivity contribution in [2.45, 2.75) is 12.3 Å². The molecule has 33 heavy (non-hydrogen) atoms. The van der Waals surface area contributed by atoms with E-state index >= 15 is 0 Å². The van der Waals surface area contributed by atoms with Crippen LogP contribution in [-0.2, 0) is 6.42 Å². The molecular weight excluding hydrogens is 412 g/mol. The van der Waals surface area contributed by atoms with Crippen molar-refractivity contribution in [1.29, 1.82) is 0 Å². The molecule has 0 saturated heterocycles. The van der Waals surface area contributed by atoms with Crippen molar-refractivity contribution in [2.75, 3.05) is 7.11 Å². The van der Waals surface area contributed by atoms with Gasteiger partial charge in [-0.1, -0.05) is 72.8 Å². The topological polar surface area (TPSA) is 65.3 Å². The molecule has 1 atom stereocenters. The van der Waals surface area contributed by atoms with Crippen LogP contribution in [0.3, 0.4) is 0 Å². The van der Waals surface area contributed by atoms with Crippen LogP contribution in [0, 0.1) is 10.1 Å². The molecule has 1 aromatic heterocycles. The molecule has 0 fully saturated rings. The van der Waals surface area contributed by atoms with Crippen LogP contribution in [0.2, 0.25) is 0 Å². The van der Waals surface area contributed by atoms with Gasteiger partial charge in [-0.3, -0.25) is 10.1 Å². The maximum absolute atomic E-state index is 11.3. The summed E-state index contributed by atoms with van der Waals surface area (Å²) in [7, 11) is 1.61. The smallest absolute Gasteiger partial charge is 0.270 e. The molecular formula is C28H22N2O3. The van der Waals surface area contributed by atoms with E-state index in [1.165, 1.54) is 22.4 Å². The molecule has 0 N–H and O–H groups in total. The van der Waals surface area contributed by atoms with Crippen LogP contribution in [0.4, 0.5) is 5.69 Å². The van der Waals surface area contributed by atoms with Crippen LogP contribution in [0.15, 0.2) is 97.1 Å². The van der Waals surface area contributed by atoms with Crippen LogP contribution in [0.25, 0.3) is 21.7 Å². The van der Waals surface area contributed by atoms with Crippen molar-refractivity contribution in [3.8, 4) is 5.88 Å². The van der Waals surface area contributed by atoms with Gasteiger partial charge in [0.2, 0.25) is 5.88 Å². The van der Waals surface area contributed by atoms with Gasteiger partial charge < -0.3 is 4.74 Å². The average Bonchev–Trinajstić information content (AvgIpc) is 2.86. The van der Waals surface area contributed by atoms with E-state index in [1.807, 2.05) is 36.4 Å². The second-order valence-corrected chi connectivity index (χ2v) is 8.07. The van der Waals surface area contributed by atoms with Crippen LogP contribution in [-0.4, -0.2) is 17.0 Å². The standard InChI is InChI=1S/C28H22N2O3/c1-33-28-26(18-23-17-24(30(31)32)13-14-27(23)29-28)25(21-8-3-2-4-9-21)16-19-11-12-20-7-5-6-10-22(20)15-19/h2-15,17-18,25H,16H2,1H3. The summed E-state index contributed by atoms with van der Waals surface area (Å²) < 4.78 is 5.70. The second kappa shape index (κ2) is 8.71. The Labute approximate surface area is 191 Å². The third-order valence-corrected chi connectivity index (χ3v) is 6.03. The number of benzene rings is 4. The van der Waals surface area contributed by atoms with Gasteiger partial charge in [-0.25, -0.2) is 4.98 Å². The van der Waals surface area contributed by atoms with E-state index in [1.54, 1.807) is 19.2 Å². The molecule has 5 aromatic rings. The van der Waals surface area contributed by atoms with Gasteiger partial charge in [-0.2, -0.15) is 0 Å². The highest BCUT2D eigenvalue weighted by molar-refractivity contribution is 5.84. The number of pyridine rings is 1. The minimum absolute atomic E-state index is 0.0292.